The minimum atomic E-state index is -2.21. The molecule has 7 nitrogen and oxygen atoms in total. The molecule has 0 spiro atoms. The Kier molecular flexibility index (Phi) is 3.12. The van der Waals surface area contributed by atoms with Gasteiger partial charge in [0.05, 0.1) is 16.9 Å². The van der Waals surface area contributed by atoms with E-state index >= 15 is 4.39 Å². The molecule has 1 N–H and O–H groups in total. The van der Waals surface area contributed by atoms with Crippen molar-refractivity contribution in [2.75, 3.05) is 44.7 Å². The van der Waals surface area contributed by atoms with Gasteiger partial charge in [-0.1, -0.05) is 0 Å². The van der Waals surface area contributed by atoms with E-state index < -0.39 is 29.8 Å². The summed E-state index contributed by atoms with van der Waals surface area (Å²) in [6.45, 7) is 0.825. The van der Waals surface area contributed by atoms with Gasteiger partial charge in [-0.15, -0.1) is 0 Å². The van der Waals surface area contributed by atoms with Crippen LogP contribution in [0.25, 0.3) is 10.9 Å². The Hall–Kier alpha value is -2.61. The number of benzene rings is 1. The average molecular weight is 364 g/mol. The first kappa shape index (κ1) is 13.6. The molecule has 0 unspecified atom stereocenters. The molecule has 1 aromatic heterocycles. The third-order valence-corrected chi connectivity index (χ3v) is 4.97. The summed E-state index contributed by atoms with van der Waals surface area (Å²) >= 11 is 0. The monoisotopic (exact) mass is 364 g/mol. The molecular formula is C18H20FN3O4. The second-order valence-electron chi connectivity index (χ2n) is 6.65. The lowest BCUT2D eigenvalue weighted by atomic mass is 10.1. The highest BCUT2D eigenvalue weighted by atomic mass is 19.1. The van der Waals surface area contributed by atoms with Gasteiger partial charge in [0, 0.05) is 36.5 Å². The fraction of sp³-hybridized carbons (Fsp3) is 0.444. The Bertz CT molecular complexity index is 1060. The summed E-state index contributed by atoms with van der Waals surface area (Å²) in [5, 5.41) is 9.29. The minimum Gasteiger partial charge on any atom is -0.487 e. The minimum absolute atomic E-state index is 0.0474. The summed E-state index contributed by atoms with van der Waals surface area (Å²) in [6.07, 6.45) is 1.28. The van der Waals surface area contributed by atoms with Crippen LogP contribution in [-0.4, -0.2) is 60.3 Å². The van der Waals surface area contributed by atoms with E-state index in [-0.39, 0.29) is 55.7 Å². The fourth-order valence-electron chi connectivity index (χ4n) is 3.59. The van der Waals surface area contributed by atoms with Gasteiger partial charge in [0.25, 0.3) is 0 Å². The van der Waals surface area contributed by atoms with Gasteiger partial charge in [-0.05, 0) is 20.0 Å². The van der Waals surface area contributed by atoms with Crippen molar-refractivity contribution in [3.63, 3.8) is 0 Å². The number of halogens is 1. The van der Waals surface area contributed by atoms with Crippen molar-refractivity contribution < 1.29 is 23.1 Å². The molecule has 26 heavy (non-hydrogen) atoms. The van der Waals surface area contributed by atoms with Crippen molar-refractivity contribution in [1.29, 1.82) is 0 Å². The van der Waals surface area contributed by atoms with Gasteiger partial charge in [-0.25, -0.2) is 9.18 Å². The number of pyridine rings is 1. The lowest BCUT2D eigenvalue weighted by molar-refractivity contribution is 0.0694. The van der Waals surface area contributed by atoms with Crippen LogP contribution in [0.4, 0.5) is 10.1 Å². The van der Waals surface area contributed by atoms with Crippen molar-refractivity contribution in [3.05, 3.63) is 33.9 Å². The number of ether oxygens (including phenoxy) is 1. The third-order valence-electron chi connectivity index (χ3n) is 4.97. The number of carboxylic acids is 1. The highest BCUT2D eigenvalue weighted by Gasteiger charge is 2.30. The molecule has 3 heterocycles. The molecule has 0 radical (unpaired) electrons. The second kappa shape index (κ2) is 5.98. The Labute approximate surface area is 153 Å². The van der Waals surface area contributed by atoms with E-state index in [9.17, 15) is 14.7 Å². The average Bonchev–Trinajstić information content (AvgIpc) is 2.65. The molecule has 0 saturated carbocycles. The van der Waals surface area contributed by atoms with Gasteiger partial charge in [-0.3, -0.25) is 4.79 Å². The molecule has 0 amide bonds. The van der Waals surface area contributed by atoms with E-state index in [4.69, 9.17) is 8.85 Å². The molecular weight excluding hydrogens is 341 g/mol. The van der Waals surface area contributed by atoms with Crippen LogP contribution < -0.4 is 15.1 Å². The third kappa shape index (κ3) is 2.44. The van der Waals surface area contributed by atoms with Crippen molar-refractivity contribution in [2.45, 2.75) is 13.0 Å². The summed E-state index contributed by atoms with van der Waals surface area (Å²) < 4.78 is 45.1. The molecule has 1 atom stereocenters. The molecule has 0 bridgehead atoms. The van der Waals surface area contributed by atoms with E-state index in [0.29, 0.717) is 5.52 Å². The summed E-state index contributed by atoms with van der Waals surface area (Å²) in [4.78, 5) is 27.1. The zero-order valence-electron chi connectivity index (χ0n) is 17.2. The van der Waals surface area contributed by atoms with E-state index in [1.54, 1.807) is 9.47 Å². The van der Waals surface area contributed by atoms with Crippen molar-refractivity contribution >= 4 is 22.6 Å². The summed E-state index contributed by atoms with van der Waals surface area (Å²) in [5.41, 5.74) is -0.657. The Morgan fingerprint density at radius 2 is 2.12 bits per heavy atom. The second-order valence-corrected chi connectivity index (χ2v) is 6.65. The van der Waals surface area contributed by atoms with Crippen LogP contribution in [0, 0.1) is 5.82 Å². The summed E-state index contributed by atoms with van der Waals surface area (Å²) in [5.74, 6) is -1.88. The zero-order valence-corrected chi connectivity index (χ0v) is 14.2. The molecule has 8 heteroatoms. The number of anilines is 1. The number of aromatic carboxylic acids is 1. The molecule has 1 fully saturated rings. The van der Waals surface area contributed by atoms with Crippen LogP contribution in [0.3, 0.4) is 0 Å². The predicted molar refractivity (Wildman–Crippen MR) is 95.0 cm³/mol. The number of piperazine rings is 1. The van der Waals surface area contributed by atoms with Crippen LogP contribution in [0.5, 0.6) is 5.75 Å². The number of carbonyl (C=O) groups is 1. The van der Waals surface area contributed by atoms with Crippen molar-refractivity contribution in [3.8, 4) is 5.75 Å². The SMILES string of the molecule is [2H]C([2H])([2H])N1CCN(c2c(F)cc3c(=O)c(C(=O)O)cn4c3c2OC[C@@H]4C)CC1. The molecule has 2 aliphatic heterocycles. The largest absolute Gasteiger partial charge is 0.487 e. The molecule has 2 aromatic rings. The normalized spacial score (nSPS) is 22.5. The van der Waals surface area contributed by atoms with Gasteiger partial charge in [0.1, 0.15) is 17.9 Å². The van der Waals surface area contributed by atoms with Crippen molar-refractivity contribution in [2.24, 2.45) is 0 Å². The first-order valence-electron chi connectivity index (χ1n) is 9.87. The lowest BCUT2D eigenvalue weighted by Gasteiger charge is -2.37. The molecule has 4 rings (SSSR count). The number of rotatable bonds is 2. The van der Waals surface area contributed by atoms with Gasteiger partial charge < -0.3 is 24.2 Å². The van der Waals surface area contributed by atoms with Gasteiger partial charge >= 0.3 is 5.97 Å². The van der Waals surface area contributed by atoms with E-state index in [1.807, 2.05) is 6.92 Å². The topological polar surface area (TPSA) is 75.0 Å². The molecule has 2 aliphatic rings. The van der Waals surface area contributed by atoms with Gasteiger partial charge in [-0.2, -0.15) is 0 Å². The van der Waals surface area contributed by atoms with Crippen LogP contribution in [0.2, 0.25) is 0 Å². The maximum atomic E-state index is 15.1. The Morgan fingerprint density at radius 3 is 2.77 bits per heavy atom. The number of carboxylic acid groups (broad SMARTS) is 1. The summed E-state index contributed by atoms with van der Waals surface area (Å²) in [7, 11) is 0. The Balaban J connectivity index is 1.86. The first-order chi connectivity index (χ1) is 13.6. The quantitative estimate of drug-likeness (QED) is 0.871. The molecule has 1 saturated heterocycles. The number of hydrogen-bond donors (Lipinski definition) is 1. The number of aromatic nitrogens is 1. The van der Waals surface area contributed by atoms with E-state index in [0.717, 1.165) is 6.07 Å². The van der Waals surface area contributed by atoms with Crippen LogP contribution in [0.1, 0.15) is 27.4 Å². The van der Waals surface area contributed by atoms with Crippen LogP contribution in [0.15, 0.2) is 17.1 Å². The maximum Gasteiger partial charge on any atom is 0.341 e. The molecule has 1 aromatic carbocycles. The highest BCUT2D eigenvalue weighted by molar-refractivity contribution is 5.97. The van der Waals surface area contributed by atoms with Gasteiger partial charge in [0.2, 0.25) is 5.43 Å². The first-order valence-corrected chi connectivity index (χ1v) is 8.37. The van der Waals surface area contributed by atoms with Gasteiger partial charge in [0.15, 0.2) is 11.6 Å². The molecule has 0 aliphatic carbocycles. The fourth-order valence-corrected chi connectivity index (χ4v) is 3.59. The van der Waals surface area contributed by atoms with Crippen LogP contribution >= 0.6 is 0 Å². The predicted octanol–water partition coefficient (Wildman–Crippen LogP) is 1.54. The number of hydrogen-bond acceptors (Lipinski definition) is 5. The number of likely N-dealkylation sites (N-methyl/N-ethyl adjacent to an activating group) is 1. The highest BCUT2D eigenvalue weighted by Crippen LogP contribution is 2.42. The standard InChI is InChI=1S/C18H20FN3O4/c1-10-9-26-17-14-11(16(23)12(18(24)25)8-22(10)14)7-13(19)15(17)21-5-3-20(2)4-6-21/h7-8,10H,3-6,9H2,1-2H3,(H,24,25)/t10-/m0/s1/i2D3. The zero-order chi connectivity index (χ0) is 21.1. The number of nitrogens with zero attached hydrogens (tertiary/aromatic N) is 3. The van der Waals surface area contributed by atoms with E-state index in [1.165, 1.54) is 11.1 Å². The lowest BCUT2D eigenvalue weighted by Crippen LogP contribution is -2.45. The maximum absolute atomic E-state index is 15.1. The smallest absolute Gasteiger partial charge is 0.341 e. The van der Waals surface area contributed by atoms with E-state index in [2.05, 4.69) is 0 Å². The van der Waals surface area contributed by atoms with Crippen molar-refractivity contribution in [1.82, 2.24) is 9.47 Å². The molecule has 138 valence electrons. The summed E-state index contributed by atoms with van der Waals surface area (Å²) in [6, 6.07) is 0.811. The Morgan fingerprint density at radius 1 is 1.38 bits per heavy atom. The van der Waals surface area contributed by atoms with Crippen LogP contribution in [-0.2, 0) is 0 Å².